The molecule has 0 amide bonds. The molecule has 0 atom stereocenters. The summed E-state index contributed by atoms with van der Waals surface area (Å²) >= 11 is 1.90. The third-order valence-corrected chi connectivity index (χ3v) is 0.802. The van der Waals surface area contributed by atoms with E-state index >= 15 is 0 Å². The van der Waals surface area contributed by atoms with Crippen molar-refractivity contribution in [1.29, 1.82) is 0 Å². The van der Waals surface area contributed by atoms with Crippen LogP contribution >= 0.6 is 30.7 Å². The van der Waals surface area contributed by atoms with Gasteiger partial charge in [0.1, 0.15) is 8.34 Å². The van der Waals surface area contributed by atoms with Crippen LogP contribution < -0.4 is 0 Å². The molecule has 0 aliphatic heterocycles. The van der Waals surface area contributed by atoms with Gasteiger partial charge in [0.2, 0.25) is 0 Å². The summed E-state index contributed by atoms with van der Waals surface area (Å²) in [5.41, 5.74) is 0. The summed E-state index contributed by atoms with van der Waals surface area (Å²) in [6.07, 6.45) is 0. The molecule has 0 aromatic rings. The van der Waals surface area contributed by atoms with Crippen LogP contribution in [0.2, 0.25) is 0 Å². The molecule has 0 heterocycles. The van der Waals surface area contributed by atoms with Crippen LogP contribution in [0.15, 0.2) is 0 Å². The molecule has 0 N–H and O–H groups in total. The Bertz CT molecular complexity index is 25.6. The fourth-order valence-corrected chi connectivity index (χ4v) is 0. The predicted octanol–water partition coefficient (Wildman–Crippen LogP) is 1.25. The molecule has 0 unspecified atom stereocenters. The first-order valence-corrected chi connectivity index (χ1v) is 2.79. The molecule has 0 aromatic heterocycles. The molecule has 0 saturated heterocycles. The van der Waals surface area contributed by atoms with Gasteiger partial charge in [0, 0.05) is 31.1 Å². The van der Waals surface area contributed by atoms with Gasteiger partial charge in [0.05, 0.1) is 0 Å². The smallest absolute Gasteiger partial charge is 0.288 e. The molecular formula is BIOPU. The van der Waals surface area contributed by atoms with E-state index in [0.717, 1.165) is 0 Å². The van der Waals surface area contributed by atoms with Gasteiger partial charge in [-0.25, -0.2) is 0 Å². The van der Waals surface area contributed by atoms with Gasteiger partial charge in [-0.1, -0.05) is 0 Å². The van der Waals surface area contributed by atoms with Crippen molar-refractivity contribution in [3.8, 4) is 0 Å². The van der Waals surface area contributed by atoms with Crippen LogP contribution in [0.5, 0.6) is 0 Å². The Morgan fingerprint density at radius 3 is 2.00 bits per heavy atom. The van der Waals surface area contributed by atoms with Gasteiger partial charge in [-0.2, -0.15) is 0 Å². The molecule has 25 valence electrons. The van der Waals surface area contributed by atoms with E-state index < -0.39 is 0 Å². The third kappa shape index (κ3) is 10.7. The number of halogens is 1. The van der Waals surface area contributed by atoms with E-state index in [1.54, 1.807) is 0 Å². The van der Waals surface area contributed by atoms with E-state index in [2.05, 4.69) is 0 Å². The summed E-state index contributed by atoms with van der Waals surface area (Å²) in [4.78, 5) is 1.51. The molecule has 0 saturated carbocycles. The second-order valence-corrected chi connectivity index (χ2v) is 2.28. The predicted molar refractivity (Wildman–Crippen MR) is 27.4 cm³/mol. The molecule has 0 spiro atoms. The Labute approximate surface area is 70.3 Å². The van der Waals surface area contributed by atoms with E-state index in [0.29, 0.717) is 0 Å². The molecule has 0 bridgehead atoms. The Morgan fingerprint density at radius 1 is 1.80 bits per heavy atom. The maximum absolute atomic E-state index is 9.21. The van der Waals surface area contributed by atoms with Gasteiger partial charge in [-0.15, -0.1) is 22.4 Å². The maximum Gasteiger partial charge on any atom is 0.324 e. The minimum Gasteiger partial charge on any atom is -0.288 e. The topological polar surface area (TPSA) is 17.1 Å². The standard InChI is InChI=1S/BIOP.U/c2-1-4-3;. The number of hydrogen-bond acceptors (Lipinski definition) is 1. The van der Waals surface area contributed by atoms with Crippen LogP contribution in [0.4, 0.5) is 0 Å². The average Bonchev–Trinajstić information content (AvgIpc) is 1.37. The molecule has 0 rings (SSSR count). The van der Waals surface area contributed by atoms with Crippen molar-refractivity contribution < 1.29 is 35.7 Å². The minimum absolute atomic E-state index is 0. The Hall–Kier alpha value is 1.95. The fraction of sp³-hybridized carbons (Fsp3) is 0. The molecule has 0 fully saturated rings. The third-order valence-electron chi connectivity index (χ3n) is 0.0398. The van der Waals surface area contributed by atoms with Crippen molar-refractivity contribution in [1.82, 2.24) is 0 Å². The Balaban J connectivity index is 0. The zero-order valence-electron chi connectivity index (χ0n) is 2.31. The maximum atomic E-state index is 9.21. The van der Waals surface area contributed by atoms with Crippen molar-refractivity contribution in [2.75, 3.05) is 0 Å². The summed E-state index contributed by atoms with van der Waals surface area (Å²) in [6, 6.07) is 0. The molecule has 0 aliphatic carbocycles. The van der Waals surface area contributed by atoms with E-state index in [9.17, 15) is 4.57 Å². The van der Waals surface area contributed by atoms with Crippen molar-refractivity contribution in [2.24, 2.45) is 0 Å². The van der Waals surface area contributed by atoms with Crippen molar-refractivity contribution in [3.05, 3.63) is 0 Å². The first kappa shape index (κ1) is 10.0. The van der Waals surface area contributed by atoms with Gasteiger partial charge in [0.25, 0.3) is 0 Å². The van der Waals surface area contributed by atoms with E-state index in [1.807, 2.05) is 22.4 Å². The fourth-order valence-electron chi connectivity index (χ4n) is 0. The van der Waals surface area contributed by atoms with Gasteiger partial charge in [0.15, 0.2) is 0 Å². The summed E-state index contributed by atoms with van der Waals surface area (Å²) in [7, 11) is 0.110. The first-order valence-electron chi connectivity index (χ1n) is 0.659. The zero-order chi connectivity index (χ0) is 3.41. The van der Waals surface area contributed by atoms with Crippen molar-refractivity contribution >= 4 is 35.6 Å². The second-order valence-electron chi connectivity index (χ2n) is 0.203. The molecule has 5 heteroatoms. The largest absolute Gasteiger partial charge is 0.324 e. The first-order chi connectivity index (χ1) is 1.91. The number of rotatable bonds is 1. The van der Waals surface area contributed by atoms with Crippen LogP contribution in [-0.4, -0.2) is 4.86 Å². The van der Waals surface area contributed by atoms with E-state index in [4.69, 9.17) is 0 Å². The number of hydrogen-bond donors (Lipinski definition) is 0. The monoisotopic (exact) mass is 423 g/mol. The normalized spacial score (nSPS) is 5.80. The van der Waals surface area contributed by atoms with Crippen LogP contribution in [0.25, 0.3) is 0 Å². The summed E-state index contributed by atoms with van der Waals surface area (Å²) < 4.78 is 9.21. The van der Waals surface area contributed by atoms with Crippen LogP contribution in [0, 0.1) is 31.1 Å². The van der Waals surface area contributed by atoms with E-state index in [-0.39, 0.29) is 39.5 Å². The summed E-state index contributed by atoms with van der Waals surface area (Å²) in [5, 5.41) is 0. The average molecular weight is 423 g/mol. The van der Waals surface area contributed by atoms with Gasteiger partial charge >= 0.3 is 4.86 Å². The Morgan fingerprint density at radius 2 is 2.00 bits per heavy atom. The quantitative estimate of drug-likeness (QED) is 0.353. The zero-order valence-corrected chi connectivity index (χ0v) is 9.53. The van der Waals surface area contributed by atoms with Gasteiger partial charge in [-0.3, -0.25) is 4.57 Å². The molecule has 5 heavy (non-hydrogen) atoms. The SMILES string of the molecule is O=P[B]I.[U]. The second kappa shape index (κ2) is 9.34. The Kier molecular flexibility index (Phi) is 18.8. The molecule has 0 aromatic carbocycles. The molecular weight excluding hydrogens is 423 g/mol. The van der Waals surface area contributed by atoms with Crippen LogP contribution in [0.3, 0.4) is 0 Å². The van der Waals surface area contributed by atoms with Crippen molar-refractivity contribution in [2.45, 2.75) is 0 Å². The minimum atomic E-state index is 0. The molecule has 1 nitrogen and oxygen atoms in total. The molecule has 1 radical (unpaired) electrons. The van der Waals surface area contributed by atoms with Gasteiger partial charge in [-0.05, 0) is 0 Å². The van der Waals surface area contributed by atoms with Gasteiger partial charge < -0.3 is 0 Å². The summed E-state index contributed by atoms with van der Waals surface area (Å²) in [6.45, 7) is 0. The van der Waals surface area contributed by atoms with Crippen LogP contribution in [-0.2, 0) is 4.57 Å². The van der Waals surface area contributed by atoms with Crippen molar-refractivity contribution in [3.63, 3.8) is 0 Å². The molecule has 0 aliphatic rings. The summed E-state index contributed by atoms with van der Waals surface area (Å²) in [5.74, 6) is 0. The van der Waals surface area contributed by atoms with E-state index in [1.165, 1.54) is 4.86 Å². The van der Waals surface area contributed by atoms with Crippen LogP contribution in [0.1, 0.15) is 0 Å².